The Balaban J connectivity index is 0.00000176. The molecule has 3 rings (SSSR count). The quantitative estimate of drug-likeness (QED) is 0.874. The van der Waals surface area contributed by atoms with Crippen molar-refractivity contribution >= 4 is 24.2 Å². The number of rotatable bonds is 3. The van der Waals surface area contributed by atoms with Gasteiger partial charge in [-0.3, -0.25) is 9.59 Å². The molecule has 1 unspecified atom stereocenters. The van der Waals surface area contributed by atoms with E-state index < -0.39 is 0 Å². The van der Waals surface area contributed by atoms with Crippen LogP contribution in [0.2, 0.25) is 0 Å². The summed E-state index contributed by atoms with van der Waals surface area (Å²) in [5.41, 5.74) is 0.863. The third-order valence-corrected chi connectivity index (χ3v) is 4.56. The van der Waals surface area contributed by atoms with E-state index in [4.69, 9.17) is 0 Å². The molecule has 0 saturated carbocycles. The van der Waals surface area contributed by atoms with Crippen molar-refractivity contribution in [2.45, 2.75) is 12.8 Å². The summed E-state index contributed by atoms with van der Waals surface area (Å²) >= 11 is 0. The number of carbonyl (C=O) groups is 2. The molecule has 6 heteroatoms. The summed E-state index contributed by atoms with van der Waals surface area (Å²) in [4.78, 5) is 26.0. The zero-order chi connectivity index (χ0) is 14.7. The molecule has 0 bridgehead atoms. The number of halogens is 1. The maximum absolute atomic E-state index is 12.2. The van der Waals surface area contributed by atoms with Crippen LogP contribution in [0.1, 0.15) is 23.2 Å². The monoisotopic (exact) mass is 323 g/mol. The lowest BCUT2D eigenvalue weighted by Gasteiger charge is -2.22. The summed E-state index contributed by atoms with van der Waals surface area (Å²) < 4.78 is 0. The van der Waals surface area contributed by atoms with Crippen LogP contribution < -0.4 is 10.6 Å². The molecule has 0 aromatic heterocycles. The molecule has 1 aromatic rings. The zero-order valence-corrected chi connectivity index (χ0v) is 13.3. The summed E-state index contributed by atoms with van der Waals surface area (Å²) in [7, 11) is 0. The van der Waals surface area contributed by atoms with Crippen molar-refractivity contribution in [1.29, 1.82) is 0 Å². The number of amides is 2. The largest absolute Gasteiger partial charge is 0.343 e. The molecule has 5 nitrogen and oxygen atoms in total. The Morgan fingerprint density at radius 3 is 2.68 bits per heavy atom. The van der Waals surface area contributed by atoms with Crippen LogP contribution in [0, 0.1) is 5.41 Å². The van der Waals surface area contributed by atoms with Gasteiger partial charge in [-0.1, -0.05) is 18.2 Å². The van der Waals surface area contributed by atoms with Crippen LogP contribution in [0.15, 0.2) is 30.3 Å². The smallest absolute Gasteiger partial charge is 0.251 e. The first-order chi connectivity index (χ1) is 10.2. The molecule has 120 valence electrons. The van der Waals surface area contributed by atoms with Gasteiger partial charge in [0.25, 0.3) is 5.91 Å². The lowest BCUT2D eigenvalue weighted by molar-refractivity contribution is -0.129. The first kappa shape index (κ1) is 16.8. The molecule has 2 fully saturated rings. The maximum atomic E-state index is 12.2. The van der Waals surface area contributed by atoms with E-state index in [-0.39, 0.29) is 36.2 Å². The van der Waals surface area contributed by atoms with Gasteiger partial charge in [0.2, 0.25) is 5.91 Å². The van der Waals surface area contributed by atoms with E-state index in [1.165, 1.54) is 0 Å². The summed E-state index contributed by atoms with van der Waals surface area (Å²) in [6, 6.07) is 8.98. The Bertz CT molecular complexity index is 529. The van der Waals surface area contributed by atoms with E-state index >= 15 is 0 Å². The van der Waals surface area contributed by atoms with E-state index in [9.17, 15) is 9.59 Å². The van der Waals surface area contributed by atoms with Gasteiger partial charge in [0.05, 0.1) is 6.54 Å². The van der Waals surface area contributed by atoms with E-state index in [1.54, 1.807) is 12.1 Å². The van der Waals surface area contributed by atoms with Crippen molar-refractivity contribution in [2.24, 2.45) is 5.41 Å². The fourth-order valence-corrected chi connectivity index (χ4v) is 3.25. The van der Waals surface area contributed by atoms with Gasteiger partial charge in [-0.05, 0) is 31.5 Å². The van der Waals surface area contributed by atoms with Gasteiger partial charge in [0, 0.05) is 30.6 Å². The van der Waals surface area contributed by atoms with Crippen LogP contribution in [0.3, 0.4) is 0 Å². The average molecular weight is 324 g/mol. The fourth-order valence-electron chi connectivity index (χ4n) is 3.25. The highest BCUT2D eigenvalue weighted by molar-refractivity contribution is 5.96. The van der Waals surface area contributed by atoms with Gasteiger partial charge in [0.1, 0.15) is 0 Å². The summed E-state index contributed by atoms with van der Waals surface area (Å²) in [6.45, 7) is 3.76. The number of carbonyl (C=O) groups excluding carboxylic acids is 2. The Labute approximate surface area is 136 Å². The molecular weight excluding hydrogens is 302 g/mol. The Kier molecular flexibility index (Phi) is 5.42. The predicted molar refractivity (Wildman–Crippen MR) is 87.1 cm³/mol. The summed E-state index contributed by atoms with van der Waals surface area (Å²) in [5.74, 6) is -0.177. The van der Waals surface area contributed by atoms with Gasteiger partial charge in [-0.2, -0.15) is 0 Å². The van der Waals surface area contributed by atoms with Crippen LogP contribution in [0.5, 0.6) is 0 Å². The molecular formula is C16H22ClN3O2. The lowest BCUT2D eigenvalue weighted by atomic mass is 9.87. The molecule has 22 heavy (non-hydrogen) atoms. The third-order valence-electron chi connectivity index (χ3n) is 4.56. The van der Waals surface area contributed by atoms with E-state index in [1.807, 2.05) is 23.1 Å². The number of hydrogen-bond acceptors (Lipinski definition) is 3. The van der Waals surface area contributed by atoms with Gasteiger partial charge in [-0.15, -0.1) is 12.4 Å². The van der Waals surface area contributed by atoms with Crippen molar-refractivity contribution in [3.8, 4) is 0 Å². The molecule has 2 aliphatic heterocycles. The average Bonchev–Trinajstić information content (AvgIpc) is 3.16. The van der Waals surface area contributed by atoms with E-state index in [0.717, 1.165) is 39.0 Å². The van der Waals surface area contributed by atoms with Gasteiger partial charge >= 0.3 is 0 Å². The molecule has 2 aliphatic rings. The van der Waals surface area contributed by atoms with Crippen LogP contribution in [0.4, 0.5) is 0 Å². The van der Waals surface area contributed by atoms with Crippen molar-refractivity contribution in [3.05, 3.63) is 35.9 Å². The van der Waals surface area contributed by atoms with Crippen LogP contribution in [0.25, 0.3) is 0 Å². The number of likely N-dealkylation sites (tertiary alicyclic amines) is 1. The van der Waals surface area contributed by atoms with Crippen molar-refractivity contribution < 1.29 is 9.59 Å². The highest BCUT2D eigenvalue weighted by Crippen LogP contribution is 2.35. The minimum Gasteiger partial charge on any atom is -0.343 e. The normalized spacial score (nSPS) is 23.4. The zero-order valence-electron chi connectivity index (χ0n) is 12.5. The molecule has 2 amide bonds. The van der Waals surface area contributed by atoms with Crippen molar-refractivity contribution in [1.82, 2.24) is 15.5 Å². The van der Waals surface area contributed by atoms with E-state index in [0.29, 0.717) is 5.56 Å². The van der Waals surface area contributed by atoms with Crippen LogP contribution in [-0.2, 0) is 4.79 Å². The lowest BCUT2D eigenvalue weighted by Crippen LogP contribution is -2.40. The molecule has 0 aliphatic carbocycles. The Morgan fingerprint density at radius 1 is 1.23 bits per heavy atom. The van der Waals surface area contributed by atoms with Crippen LogP contribution >= 0.6 is 12.4 Å². The summed E-state index contributed by atoms with van der Waals surface area (Å²) in [5, 5.41) is 6.09. The first-order valence-corrected chi connectivity index (χ1v) is 7.50. The van der Waals surface area contributed by atoms with Gasteiger partial charge in [0.15, 0.2) is 0 Å². The topological polar surface area (TPSA) is 61.4 Å². The van der Waals surface area contributed by atoms with Gasteiger partial charge < -0.3 is 15.5 Å². The number of hydrogen-bond donors (Lipinski definition) is 2. The molecule has 2 saturated heterocycles. The first-order valence-electron chi connectivity index (χ1n) is 7.50. The molecule has 0 radical (unpaired) electrons. The van der Waals surface area contributed by atoms with Crippen LogP contribution in [-0.4, -0.2) is 49.4 Å². The summed E-state index contributed by atoms with van der Waals surface area (Å²) in [6.07, 6.45) is 2.21. The molecule has 1 atom stereocenters. The second-order valence-electron chi connectivity index (χ2n) is 6.04. The minimum absolute atomic E-state index is 0. The third kappa shape index (κ3) is 3.59. The maximum Gasteiger partial charge on any atom is 0.251 e. The predicted octanol–water partition coefficient (Wildman–Crippen LogP) is 1.05. The minimum atomic E-state index is -0.194. The second kappa shape index (κ2) is 7.11. The van der Waals surface area contributed by atoms with Crippen molar-refractivity contribution in [3.63, 3.8) is 0 Å². The fraction of sp³-hybridized carbons (Fsp3) is 0.500. The Morgan fingerprint density at radius 2 is 2.00 bits per heavy atom. The SMILES string of the molecule is Cl.O=C(NCC(=O)N1CCC2(CCNC2)C1)c1ccccc1. The Hall–Kier alpha value is -1.59. The van der Waals surface area contributed by atoms with Crippen molar-refractivity contribution in [2.75, 3.05) is 32.7 Å². The van der Waals surface area contributed by atoms with Gasteiger partial charge in [-0.25, -0.2) is 0 Å². The molecule has 2 N–H and O–H groups in total. The number of nitrogens with one attached hydrogen (secondary N) is 2. The highest BCUT2D eigenvalue weighted by Gasteiger charge is 2.41. The number of nitrogens with zero attached hydrogens (tertiary/aromatic N) is 1. The molecule has 2 heterocycles. The molecule has 1 spiro atoms. The highest BCUT2D eigenvalue weighted by atomic mass is 35.5. The second-order valence-corrected chi connectivity index (χ2v) is 6.04. The number of benzene rings is 1. The standard InChI is InChI=1S/C16H21N3O2.ClH/c20-14(10-18-15(21)13-4-2-1-3-5-13)19-9-7-16(12-19)6-8-17-11-16;/h1-5,17H,6-12H2,(H,18,21);1H. The molecule has 1 aromatic carbocycles. The van der Waals surface area contributed by atoms with E-state index in [2.05, 4.69) is 10.6 Å².